The van der Waals surface area contributed by atoms with E-state index in [1.54, 1.807) is 18.2 Å². The molecular formula is C15H11FO4. The Morgan fingerprint density at radius 2 is 2.00 bits per heavy atom. The molecule has 0 bridgehead atoms. The van der Waals surface area contributed by atoms with Gasteiger partial charge in [-0.25, -0.2) is 9.18 Å². The van der Waals surface area contributed by atoms with Crippen molar-refractivity contribution in [3.8, 4) is 16.9 Å². The zero-order chi connectivity index (χ0) is 14.7. The van der Waals surface area contributed by atoms with Gasteiger partial charge in [0.1, 0.15) is 0 Å². The van der Waals surface area contributed by atoms with Crippen LogP contribution in [0, 0.1) is 5.82 Å². The first-order valence-electron chi connectivity index (χ1n) is 5.73. The minimum Gasteiger partial charge on any atom is -0.504 e. The van der Waals surface area contributed by atoms with E-state index >= 15 is 0 Å². The highest BCUT2D eigenvalue weighted by molar-refractivity contribution is 5.91. The lowest BCUT2D eigenvalue weighted by Gasteiger charge is -2.07. The molecule has 0 aliphatic rings. The fourth-order valence-electron chi connectivity index (χ4n) is 1.82. The number of halogens is 1. The molecule has 0 aliphatic heterocycles. The van der Waals surface area contributed by atoms with E-state index in [-0.39, 0.29) is 5.56 Å². The van der Waals surface area contributed by atoms with E-state index < -0.39 is 17.5 Å². The van der Waals surface area contributed by atoms with Crippen LogP contribution in [0.15, 0.2) is 36.4 Å². The quantitative estimate of drug-likeness (QED) is 0.690. The molecule has 4 nitrogen and oxygen atoms in total. The average Bonchev–Trinajstić information content (AvgIpc) is 2.49. The molecule has 0 aromatic heterocycles. The maximum absolute atomic E-state index is 13.5. The second-order valence-electron chi connectivity index (χ2n) is 4.09. The van der Waals surface area contributed by atoms with Gasteiger partial charge in [0.05, 0.1) is 18.2 Å². The van der Waals surface area contributed by atoms with Gasteiger partial charge in [-0.1, -0.05) is 12.1 Å². The third-order valence-electron chi connectivity index (χ3n) is 2.84. The van der Waals surface area contributed by atoms with Gasteiger partial charge in [0.25, 0.3) is 0 Å². The normalized spacial score (nSPS) is 10.1. The van der Waals surface area contributed by atoms with E-state index in [4.69, 9.17) is 0 Å². The van der Waals surface area contributed by atoms with Gasteiger partial charge in [-0.05, 0) is 35.4 Å². The monoisotopic (exact) mass is 274 g/mol. The molecule has 0 amide bonds. The number of carbonyl (C=O) groups excluding carboxylic acids is 2. The number of aromatic hydroxyl groups is 1. The number of rotatable bonds is 3. The van der Waals surface area contributed by atoms with Crippen molar-refractivity contribution in [2.24, 2.45) is 0 Å². The predicted molar refractivity (Wildman–Crippen MR) is 70.2 cm³/mol. The summed E-state index contributed by atoms with van der Waals surface area (Å²) in [4.78, 5) is 22.2. The summed E-state index contributed by atoms with van der Waals surface area (Å²) >= 11 is 0. The second-order valence-corrected chi connectivity index (χ2v) is 4.09. The van der Waals surface area contributed by atoms with E-state index in [9.17, 15) is 19.1 Å². The SMILES string of the molecule is COC(=O)c1cccc(-c2cc(F)c(O)c(C=O)c2)c1. The molecule has 0 radical (unpaired) electrons. The number of methoxy groups -OCH3 is 1. The summed E-state index contributed by atoms with van der Waals surface area (Å²) in [5, 5.41) is 9.37. The lowest BCUT2D eigenvalue weighted by Crippen LogP contribution is -2.00. The summed E-state index contributed by atoms with van der Waals surface area (Å²) in [5.74, 6) is -2.09. The smallest absolute Gasteiger partial charge is 0.337 e. The Bertz CT molecular complexity index is 680. The van der Waals surface area contributed by atoms with Crippen LogP contribution in [0.1, 0.15) is 20.7 Å². The lowest BCUT2D eigenvalue weighted by molar-refractivity contribution is 0.0600. The highest BCUT2D eigenvalue weighted by Crippen LogP contribution is 2.28. The Morgan fingerprint density at radius 3 is 2.65 bits per heavy atom. The predicted octanol–water partition coefficient (Wildman–Crippen LogP) is 2.80. The van der Waals surface area contributed by atoms with Crippen LogP contribution in [-0.2, 0) is 4.74 Å². The number of carbonyl (C=O) groups is 2. The molecule has 102 valence electrons. The van der Waals surface area contributed by atoms with E-state index in [0.29, 0.717) is 23.0 Å². The minimum absolute atomic E-state index is 0.150. The van der Waals surface area contributed by atoms with Crippen LogP contribution in [0.3, 0.4) is 0 Å². The van der Waals surface area contributed by atoms with Gasteiger partial charge in [-0.3, -0.25) is 4.79 Å². The van der Waals surface area contributed by atoms with Gasteiger partial charge in [-0.2, -0.15) is 0 Å². The first-order valence-corrected chi connectivity index (χ1v) is 5.73. The number of esters is 1. The Balaban J connectivity index is 2.54. The van der Waals surface area contributed by atoms with Crippen LogP contribution in [0.2, 0.25) is 0 Å². The molecule has 0 aliphatic carbocycles. The van der Waals surface area contributed by atoms with Crippen LogP contribution >= 0.6 is 0 Å². The fourth-order valence-corrected chi connectivity index (χ4v) is 1.82. The van der Waals surface area contributed by atoms with E-state index in [2.05, 4.69) is 4.74 Å². The number of phenols is 1. The van der Waals surface area contributed by atoms with Crippen LogP contribution < -0.4 is 0 Å². The van der Waals surface area contributed by atoms with Crippen molar-refractivity contribution in [1.82, 2.24) is 0 Å². The molecule has 2 aromatic rings. The van der Waals surface area contributed by atoms with E-state index in [0.717, 1.165) is 6.07 Å². The summed E-state index contributed by atoms with van der Waals surface area (Å²) < 4.78 is 18.1. The zero-order valence-electron chi connectivity index (χ0n) is 10.6. The van der Waals surface area contributed by atoms with Gasteiger partial charge in [0.2, 0.25) is 0 Å². The van der Waals surface area contributed by atoms with Gasteiger partial charge in [0, 0.05) is 0 Å². The maximum atomic E-state index is 13.5. The van der Waals surface area contributed by atoms with Crippen LogP contribution in [0.25, 0.3) is 11.1 Å². The molecule has 0 saturated heterocycles. The minimum atomic E-state index is -0.895. The fraction of sp³-hybridized carbons (Fsp3) is 0.0667. The first-order chi connectivity index (χ1) is 9.56. The highest BCUT2D eigenvalue weighted by Gasteiger charge is 2.12. The summed E-state index contributed by atoms with van der Waals surface area (Å²) in [6, 6.07) is 8.80. The van der Waals surface area contributed by atoms with E-state index in [1.807, 2.05) is 0 Å². The summed E-state index contributed by atoms with van der Waals surface area (Å²) in [6.45, 7) is 0. The summed E-state index contributed by atoms with van der Waals surface area (Å²) in [7, 11) is 1.26. The van der Waals surface area contributed by atoms with Crippen molar-refractivity contribution in [1.29, 1.82) is 0 Å². The summed E-state index contributed by atoms with van der Waals surface area (Å²) in [5.41, 5.74) is 1.08. The van der Waals surface area contributed by atoms with Crippen molar-refractivity contribution in [2.75, 3.05) is 7.11 Å². The molecule has 0 atom stereocenters. The lowest BCUT2D eigenvalue weighted by atomic mass is 10.0. The molecule has 1 N–H and O–H groups in total. The topological polar surface area (TPSA) is 63.6 Å². The number of aldehydes is 1. The second kappa shape index (κ2) is 5.52. The van der Waals surface area contributed by atoms with Crippen molar-refractivity contribution >= 4 is 12.3 Å². The third-order valence-corrected chi connectivity index (χ3v) is 2.84. The molecule has 0 unspecified atom stereocenters. The largest absolute Gasteiger partial charge is 0.504 e. The van der Waals surface area contributed by atoms with Gasteiger partial charge in [-0.15, -0.1) is 0 Å². The number of benzene rings is 2. The van der Waals surface area contributed by atoms with Crippen LogP contribution in [0.5, 0.6) is 5.75 Å². The standard InChI is InChI=1S/C15H11FO4/c1-20-15(19)10-4-2-3-9(5-10)11-6-12(8-17)14(18)13(16)7-11/h2-8,18H,1H3. The molecular weight excluding hydrogens is 263 g/mol. The number of hydrogen-bond acceptors (Lipinski definition) is 4. The first kappa shape index (κ1) is 13.7. The van der Waals surface area contributed by atoms with Crippen LogP contribution in [0.4, 0.5) is 4.39 Å². The Kier molecular flexibility index (Phi) is 3.79. The summed E-state index contributed by atoms with van der Waals surface area (Å²) in [6.07, 6.45) is 0.367. The molecule has 2 rings (SSSR count). The van der Waals surface area contributed by atoms with Gasteiger partial charge < -0.3 is 9.84 Å². The van der Waals surface area contributed by atoms with Gasteiger partial charge >= 0.3 is 5.97 Å². The molecule has 0 heterocycles. The number of hydrogen-bond donors (Lipinski definition) is 1. The Morgan fingerprint density at radius 1 is 1.25 bits per heavy atom. The molecule has 0 fully saturated rings. The molecule has 20 heavy (non-hydrogen) atoms. The zero-order valence-corrected chi connectivity index (χ0v) is 10.6. The van der Waals surface area contributed by atoms with Gasteiger partial charge in [0.15, 0.2) is 17.9 Å². The average molecular weight is 274 g/mol. The van der Waals surface area contributed by atoms with Crippen molar-refractivity contribution in [3.05, 3.63) is 53.3 Å². The van der Waals surface area contributed by atoms with Crippen molar-refractivity contribution in [2.45, 2.75) is 0 Å². The van der Waals surface area contributed by atoms with Crippen molar-refractivity contribution < 1.29 is 23.8 Å². The Hall–Kier alpha value is -2.69. The van der Waals surface area contributed by atoms with Crippen molar-refractivity contribution in [3.63, 3.8) is 0 Å². The number of phenolic OH excluding ortho intramolecular Hbond substituents is 1. The highest BCUT2D eigenvalue weighted by atomic mass is 19.1. The van der Waals surface area contributed by atoms with E-state index in [1.165, 1.54) is 19.2 Å². The third kappa shape index (κ3) is 2.51. The molecule has 5 heteroatoms. The Labute approximate surface area is 114 Å². The molecule has 2 aromatic carbocycles. The molecule has 0 spiro atoms. The molecule has 0 saturated carbocycles. The number of ether oxygens (including phenoxy) is 1. The maximum Gasteiger partial charge on any atom is 0.337 e. The van der Waals surface area contributed by atoms with Crippen LogP contribution in [-0.4, -0.2) is 24.5 Å².